The number of carboxylic acid groups (broad SMARTS) is 1. The van der Waals surface area contributed by atoms with Gasteiger partial charge in [-0.2, -0.15) is 0 Å². The Labute approximate surface area is 99.5 Å². The quantitative estimate of drug-likeness (QED) is 0.665. The average molecular weight is 236 g/mol. The van der Waals surface area contributed by atoms with Crippen LogP contribution in [0.5, 0.6) is 0 Å². The van der Waals surface area contributed by atoms with Gasteiger partial charge in [-0.3, -0.25) is 0 Å². The number of nitrogens with two attached hydrogens (primary N) is 1. The first-order valence-electron chi connectivity index (χ1n) is 5.64. The van der Waals surface area contributed by atoms with Crippen molar-refractivity contribution in [1.29, 1.82) is 0 Å². The molecular formula is C12H16N2O3. The van der Waals surface area contributed by atoms with Crippen LogP contribution in [-0.4, -0.2) is 35.4 Å². The summed E-state index contributed by atoms with van der Waals surface area (Å²) in [5.74, 6) is -1.01. The number of hydrogen-bond donors (Lipinski definition) is 3. The number of benzene rings is 1. The zero-order valence-electron chi connectivity index (χ0n) is 9.47. The number of carbonyl (C=O) groups is 1. The second-order valence-corrected chi connectivity index (χ2v) is 4.26. The molecule has 0 unspecified atom stereocenters. The van der Waals surface area contributed by atoms with Crippen molar-refractivity contribution in [2.75, 3.05) is 23.7 Å². The maximum Gasteiger partial charge on any atom is 0.337 e. The van der Waals surface area contributed by atoms with E-state index in [0.29, 0.717) is 31.6 Å². The predicted molar refractivity (Wildman–Crippen MR) is 65.3 cm³/mol. The van der Waals surface area contributed by atoms with Gasteiger partial charge in [0.15, 0.2) is 0 Å². The van der Waals surface area contributed by atoms with Crippen LogP contribution in [0.1, 0.15) is 23.2 Å². The van der Waals surface area contributed by atoms with E-state index >= 15 is 0 Å². The van der Waals surface area contributed by atoms with E-state index in [1.54, 1.807) is 6.07 Å². The van der Waals surface area contributed by atoms with Gasteiger partial charge in [0.2, 0.25) is 0 Å². The SMILES string of the molecule is Nc1c(C(=O)O)cccc1N1CCC(O)CC1. The third-order valence-electron chi connectivity index (χ3n) is 3.12. The summed E-state index contributed by atoms with van der Waals surface area (Å²) in [6.45, 7) is 1.41. The predicted octanol–water partition coefficient (Wildman–Crippen LogP) is 0.928. The molecule has 5 heteroatoms. The molecule has 4 N–H and O–H groups in total. The third-order valence-corrected chi connectivity index (χ3v) is 3.12. The fourth-order valence-corrected chi connectivity index (χ4v) is 2.12. The molecule has 0 spiro atoms. The van der Waals surface area contributed by atoms with Gasteiger partial charge in [-0.1, -0.05) is 6.07 Å². The van der Waals surface area contributed by atoms with Crippen molar-refractivity contribution in [2.24, 2.45) is 0 Å². The summed E-state index contributed by atoms with van der Waals surface area (Å²) in [6.07, 6.45) is 1.13. The van der Waals surface area contributed by atoms with Crippen LogP contribution in [0.3, 0.4) is 0 Å². The Morgan fingerprint density at radius 2 is 2.00 bits per heavy atom. The number of aromatic carboxylic acids is 1. The smallest absolute Gasteiger partial charge is 0.337 e. The summed E-state index contributed by atoms with van der Waals surface area (Å²) in [5.41, 5.74) is 7.05. The summed E-state index contributed by atoms with van der Waals surface area (Å²) >= 11 is 0. The molecule has 1 aromatic rings. The van der Waals surface area contributed by atoms with Crippen LogP contribution in [0.25, 0.3) is 0 Å². The molecule has 0 aromatic heterocycles. The van der Waals surface area contributed by atoms with Crippen molar-refractivity contribution >= 4 is 17.3 Å². The molecular weight excluding hydrogens is 220 g/mol. The van der Waals surface area contributed by atoms with Gasteiger partial charge < -0.3 is 20.8 Å². The van der Waals surface area contributed by atoms with E-state index in [1.165, 1.54) is 6.07 Å². The maximum atomic E-state index is 11.0. The number of nitrogen functional groups attached to an aromatic ring is 1. The fraction of sp³-hybridized carbons (Fsp3) is 0.417. The highest BCUT2D eigenvalue weighted by Gasteiger charge is 2.20. The molecule has 1 aliphatic rings. The number of aliphatic hydroxyl groups excluding tert-OH is 1. The highest BCUT2D eigenvalue weighted by atomic mass is 16.4. The molecule has 0 aliphatic carbocycles. The topological polar surface area (TPSA) is 86.8 Å². The molecule has 1 heterocycles. The van der Waals surface area contributed by atoms with Gasteiger partial charge in [0.25, 0.3) is 0 Å². The van der Waals surface area contributed by atoms with Gasteiger partial charge in [0.1, 0.15) is 0 Å². The molecule has 0 atom stereocenters. The number of para-hydroxylation sites is 1. The lowest BCUT2D eigenvalue weighted by atomic mass is 10.1. The number of piperidine rings is 1. The van der Waals surface area contributed by atoms with Gasteiger partial charge in [0.05, 0.1) is 23.0 Å². The molecule has 1 saturated heterocycles. The van der Waals surface area contributed by atoms with Crippen molar-refractivity contribution in [3.8, 4) is 0 Å². The van der Waals surface area contributed by atoms with E-state index in [0.717, 1.165) is 5.69 Å². The van der Waals surface area contributed by atoms with Crippen molar-refractivity contribution < 1.29 is 15.0 Å². The maximum absolute atomic E-state index is 11.0. The molecule has 17 heavy (non-hydrogen) atoms. The van der Waals surface area contributed by atoms with Crippen LogP contribution in [0, 0.1) is 0 Å². The Balaban J connectivity index is 2.27. The minimum atomic E-state index is -1.01. The Kier molecular flexibility index (Phi) is 3.19. The third kappa shape index (κ3) is 2.34. The van der Waals surface area contributed by atoms with Crippen LogP contribution >= 0.6 is 0 Å². The summed E-state index contributed by atoms with van der Waals surface area (Å²) in [6, 6.07) is 5.01. The molecule has 1 aliphatic heterocycles. The van der Waals surface area contributed by atoms with Crippen LogP contribution in [0.2, 0.25) is 0 Å². The Bertz CT molecular complexity index is 426. The summed E-state index contributed by atoms with van der Waals surface area (Å²) < 4.78 is 0. The second-order valence-electron chi connectivity index (χ2n) is 4.26. The molecule has 0 saturated carbocycles. The number of nitrogens with zero attached hydrogens (tertiary/aromatic N) is 1. The van der Waals surface area contributed by atoms with E-state index in [1.807, 2.05) is 11.0 Å². The lowest BCUT2D eigenvalue weighted by molar-refractivity contribution is 0.0698. The summed E-state index contributed by atoms with van der Waals surface area (Å²) in [5, 5.41) is 18.4. The fourth-order valence-electron chi connectivity index (χ4n) is 2.12. The molecule has 0 bridgehead atoms. The largest absolute Gasteiger partial charge is 0.478 e. The standard InChI is InChI=1S/C12H16N2O3/c13-11-9(12(16)17)2-1-3-10(11)14-6-4-8(15)5-7-14/h1-3,8,15H,4-7,13H2,(H,16,17). The number of aliphatic hydroxyl groups is 1. The first-order chi connectivity index (χ1) is 8.09. The van der Waals surface area contributed by atoms with Gasteiger partial charge in [-0.25, -0.2) is 4.79 Å². The van der Waals surface area contributed by atoms with Gasteiger partial charge >= 0.3 is 5.97 Å². The molecule has 2 rings (SSSR count). The van der Waals surface area contributed by atoms with E-state index in [2.05, 4.69) is 0 Å². The average Bonchev–Trinajstić information content (AvgIpc) is 2.30. The molecule has 92 valence electrons. The molecule has 1 aromatic carbocycles. The van der Waals surface area contributed by atoms with E-state index in [4.69, 9.17) is 10.8 Å². The number of hydrogen-bond acceptors (Lipinski definition) is 4. The van der Waals surface area contributed by atoms with Crippen molar-refractivity contribution in [3.63, 3.8) is 0 Å². The van der Waals surface area contributed by atoms with E-state index in [-0.39, 0.29) is 11.7 Å². The lowest BCUT2D eigenvalue weighted by Gasteiger charge is -2.32. The molecule has 1 fully saturated rings. The first kappa shape index (κ1) is 11.7. The number of rotatable bonds is 2. The monoisotopic (exact) mass is 236 g/mol. The van der Waals surface area contributed by atoms with Crippen LogP contribution in [-0.2, 0) is 0 Å². The highest BCUT2D eigenvalue weighted by molar-refractivity contribution is 5.97. The Hall–Kier alpha value is -1.75. The van der Waals surface area contributed by atoms with Gasteiger partial charge in [0, 0.05) is 13.1 Å². The Morgan fingerprint density at radius 1 is 1.35 bits per heavy atom. The molecule has 0 amide bonds. The second kappa shape index (κ2) is 4.63. The van der Waals surface area contributed by atoms with Crippen molar-refractivity contribution in [3.05, 3.63) is 23.8 Å². The van der Waals surface area contributed by atoms with E-state index in [9.17, 15) is 9.90 Å². The highest BCUT2D eigenvalue weighted by Crippen LogP contribution is 2.29. The minimum Gasteiger partial charge on any atom is -0.478 e. The number of anilines is 2. The zero-order chi connectivity index (χ0) is 12.4. The van der Waals surface area contributed by atoms with Gasteiger partial charge in [-0.15, -0.1) is 0 Å². The molecule has 5 nitrogen and oxygen atoms in total. The Morgan fingerprint density at radius 3 is 2.59 bits per heavy atom. The number of carboxylic acids is 1. The lowest BCUT2D eigenvalue weighted by Crippen LogP contribution is -2.36. The van der Waals surface area contributed by atoms with Crippen LogP contribution in [0.15, 0.2) is 18.2 Å². The minimum absolute atomic E-state index is 0.133. The summed E-state index contributed by atoms with van der Waals surface area (Å²) in [4.78, 5) is 13.0. The van der Waals surface area contributed by atoms with Crippen LogP contribution < -0.4 is 10.6 Å². The zero-order valence-corrected chi connectivity index (χ0v) is 9.47. The van der Waals surface area contributed by atoms with Crippen molar-refractivity contribution in [1.82, 2.24) is 0 Å². The normalized spacial score (nSPS) is 17.1. The van der Waals surface area contributed by atoms with E-state index < -0.39 is 5.97 Å². The molecule has 0 radical (unpaired) electrons. The first-order valence-corrected chi connectivity index (χ1v) is 5.64. The summed E-state index contributed by atoms with van der Waals surface area (Å²) in [7, 11) is 0. The van der Waals surface area contributed by atoms with Crippen LogP contribution in [0.4, 0.5) is 11.4 Å². The van der Waals surface area contributed by atoms with Crippen molar-refractivity contribution in [2.45, 2.75) is 18.9 Å². The van der Waals surface area contributed by atoms with Gasteiger partial charge in [-0.05, 0) is 25.0 Å².